The smallest absolute Gasteiger partial charge is 0.166 e. The lowest BCUT2D eigenvalue weighted by molar-refractivity contribution is 0.603. The van der Waals surface area contributed by atoms with Crippen LogP contribution >= 0.6 is 12.2 Å². The summed E-state index contributed by atoms with van der Waals surface area (Å²) in [6.45, 7) is 2.15. The fraction of sp³-hybridized carbons (Fsp3) is 0.417. The van der Waals surface area contributed by atoms with Crippen LogP contribution in [-0.4, -0.2) is 18.2 Å². The van der Waals surface area contributed by atoms with Gasteiger partial charge in [-0.25, -0.2) is 0 Å². The molecule has 0 heterocycles. The molecular weight excluding hydrogens is 204 g/mol. The summed E-state index contributed by atoms with van der Waals surface area (Å²) in [5, 5.41) is 6.85. The Labute approximate surface area is 97.1 Å². The highest BCUT2D eigenvalue weighted by molar-refractivity contribution is 7.80. The topological polar surface area (TPSA) is 24.1 Å². The van der Waals surface area contributed by atoms with Crippen LogP contribution in [-0.2, 0) is 6.42 Å². The van der Waals surface area contributed by atoms with Gasteiger partial charge in [0.15, 0.2) is 5.11 Å². The summed E-state index contributed by atoms with van der Waals surface area (Å²) < 4.78 is 0. The van der Waals surface area contributed by atoms with Crippen molar-refractivity contribution >= 4 is 17.3 Å². The van der Waals surface area contributed by atoms with E-state index in [0.29, 0.717) is 6.04 Å². The van der Waals surface area contributed by atoms with Crippen LogP contribution in [0.2, 0.25) is 0 Å². The Morgan fingerprint density at radius 1 is 1.33 bits per heavy atom. The van der Waals surface area contributed by atoms with Gasteiger partial charge in [-0.1, -0.05) is 30.3 Å². The molecule has 1 rings (SSSR count). The van der Waals surface area contributed by atoms with Gasteiger partial charge in [-0.3, -0.25) is 0 Å². The molecule has 2 nitrogen and oxygen atoms in total. The zero-order valence-corrected chi connectivity index (χ0v) is 10.1. The highest BCUT2D eigenvalue weighted by Gasteiger charge is 2.02. The molecule has 0 saturated heterocycles. The summed E-state index contributed by atoms with van der Waals surface area (Å²) in [7, 11) is 1.83. The maximum absolute atomic E-state index is 5.04. The highest BCUT2D eigenvalue weighted by atomic mass is 32.1. The van der Waals surface area contributed by atoms with Crippen molar-refractivity contribution in [1.29, 1.82) is 0 Å². The van der Waals surface area contributed by atoms with E-state index < -0.39 is 0 Å². The number of benzene rings is 1. The van der Waals surface area contributed by atoms with E-state index in [4.69, 9.17) is 12.2 Å². The lowest BCUT2D eigenvalue weighted by Crippen LogP contribution is -2.38. The second-order valence-electron chi connectivity index (χ2n) is 3.65. The number of nitrogens with one attached hydrogen (secondary N) is 2. The third-order valence-corrected chi connectivity index (χ3v) is 2.64. The molecule has 0 bridgehead atoms. The summed E-state index contributed by atoms with van der Waals surface area (Å²) in [6, 6.07) is 10.9. The third-order valence-electron chi connectivity index (χ3n) is 2.31. The SMILES string of the molecule is CNC(=S)NC(C)CCc1ccccc1. The molecule has 0 aromatic heterocycles. The van der Waals surface area contributed by atoms with E-state index in [1.807, 2.05) is 13.1 Å². The number of hydrogen-bond donors (Lipinski definition) is 2. The predicted octanol–water partition coefficient (Wildman–Crippen LogP) is 2.10. The Morgan fingerprint density at radius 2 is 2.00 bits per heavy atom. The van der Waals surface area contributed by atoms with Crippen LogP contribution in [0.3, 0.4) is 0 Å². The number of aryl methyl sites for hydroxylation is 1. The standard InChI is InChI=1S/C12H18N2S/c1-10(14-12(15)13-2)8-9-11-6-4-3-5-7-11/h3-7,10H,8-9H2,1-2H3,(H2,13,14,15). The van der Waals surface area contributed by atoms with Gasteiger partial charge in [0.1, 0.15) is 0 Å². The van der Waals surface area contributed by atoms with Gasteiger partial charge in [-0.05, 0) is 37.5 Å². The van der Waals surface area contributed by atoms with E-state index in [2.05, 4.69) is 41.8 Å². The Kier molecular flexibility index (Phi) is 5.12. The number of hydrogen-bond acceptors (Lipinski definition) is 1. The van der Waals surface area contributed by atoms with Gasteiger partial charge >= 0.3 is 0 Å². The van der Waals surface area contributed by atoms with Crippen LogP contribution in [0, 0.1) is 0 Å². The Bertz CT molecular complexity index is 298. The first-order valence-electron chi connectivity index (χ1n) is 5.24. The molecule has 0 saturated carbocycles. The average Bonchev–Trinajstić information content (AvgIpc) is 2.27. The molecule has 1 atom stereocenters. The molecule has 1 aromatic rings. The average molecular weight is 222 g/mol. The van der Waals surface area contributed by atoms with Gasteiger partial charge < -0.3 is 10.6 Å². The molecule has 0 spiro atoms. The fourth-order valence-corrected chi connectivity index (χ4v) is 1.60. The molecule has 82 valence electrons. The summed E-state index contributed by atoms with van der Waals surface area (Å²) in [5.41, 5.74) is 1.38. The molecular formula is C12H18N2S. The Balaban J connectivity index is 2.28. The van der Waals surface area contributed by atoms with Crippen LogP contribution in [0.5, 0.6) is 0 Å². The Hall–Kier alpha value is -1.09. The molecule has 0 radical (unpaired) electrons. The molecule has 0 fully saturated rings. The van der Waals surface area contributed by atoms with Crippen molar-refractivity contribution in [2.75, 3.05) is 7.05 Å². The molecule has 15 heavy (non-hydrogen) atoms. The minimum Gasteiger partial charge on any atom is -0.366 e. The largest absolute Gasteiger partial charge is 0.366 e. The molecule has 1 aromatic carbocycles. The second-order valence-corrected chi connectivity index (χ2v) is 4.06. The highest BCUT2D eigenvalue weighted by Crippen LogP contribution is 2.04. The molecule has 0 aliphatic heterocycles. The van der Waals surface area contributed by atoms with E-state index in [1.54, 1.807) is 0 Å². The van der Waals surface area contributed by atoms with Gasteiger partial charge in [-0.2, -0.15) is 0 Å². The zero-order valence-electron chi connectivity index (χ0n) is 9.29. The normalized spacial score (nSPS) is 11.9. The lowest BCUT2D eigenvalue weighted by atomic mass is 10.1. The van der Waals surface area contributed by atoms with E-state index in [9.17, 15) is 0 Å². The van der Waals surface area contributed by atoms with Crippen molar-refractivity contribution < 1.29 is 0 Å². The molecule has 3 heteroatoms. The predicted molar refractivity (Wildman–Crippen MR) is 69.0 cm³/mol. The van der Waals surface area contributed by atoms with E-state index in [-0.39, 0.29) is 0 Å². The van der Waals surface area contributed by atoms with Gasteiger partial charge in [0, 0.05) is 13.1 Å². The summed E-state index contributed by atoms with van der Waals surface area (Å²) in [4.78, 5) is 0. The first-order valence-corrected chi connectivity index (χ1v) is 5.65. The van der Waals surface area contributed by atoms with Crippen molar-refractivity contribution in [3.8, 4) is 0 Å². The van der Waals surface area contributed by atoms with Gasteiger partial charge in [0.05, 0.1) is 0 Å². The van der Waals surface area contributed by atoms with Crippen molar-refractivity contribution in [2.45, 2.75) is 25.8 Å². The molecule has 0 aliphatic carbocycles. The van der Waals surface area contributed by atoms with Crippen LogP contribution < -0.4 is 10.6 Å². The lowest BCUT2D eigenvalue weighted by Gasteiger charge is -2.15. The van der Waals surface area contributed by atoms with Crippen LogP contribution in [0.4, 0.5) is 0 Å². The number of thiocarbonyl (C=S) groups is 1. The molecule has 2 N–H and O–H groups in total. The first kappa shape index (κ1) is 12.0. The third kappa shape index (κ3) is 4.79. The minimum atomic E-state index is 0.408. The van der Waals surface area contributed by atoms with Crippen LogP contribution in [0.1, 0.15) is 18.9 Å². The molecule has 0 aliphatic rings. The maximum atomic E-state index is 5.04. The summed E-state index contributed by atoms with van der Waals surface area (Å²) in [6.07, 6.45) is 2.17. The quantitative estimate of drug-likeness (QED) is 0.763. The fourth-order valence-electron chi connectivity index (χ4n) is 1.40. The zero-order chi connectivity index (χ0) is 11.1. The monoisotopic (exact) mass is 222 g/mol. The summed E-state index contributed by atoms with van der Waals surface area (Å²) >= 11 is 5.04. The number of rotatable bonds is 4. The Morgan fingerprint density at radius 3 is 2.60 bits per heavy atom. The van der Waals surface area contributed by atoms with E-state index in [1.165, 1.54) is 5.56 Å². The molecule has 1 unspecified atom stereocenters. The maximum Gasteiger partial charge on any atom is 0.166 e. The van der Waals surface area contributed by atoms with Gasteiger partial charge in [-0.15, -0.1) is 0 Å². The van der Waals surface area contributed by atoms with Gasteiger partial charge in [0.25, 0.3) is 0 Å². The summed E-state index contributed by atoms with van der Waals surface area (Å²) in [5.74, 6) is 0. The van der Waals surface area contributed by atoms with E-state index >= 15 is 0 Å². The van der Waals surface area contributed by atoms with Crippen molar-refractivity contribution in [3.63, 3.8) is 0 Å². The first-order chi connectivity index (χ1) is 7.22. The van der Waals surface area contributed by atoms with Crippen molar-refractivity contribution in [2.24, 2.45) is 0 Å². The second kappa shape index (κ2) is 6.40. The van der Waals surface area contributed by atoms with Gasteiger partial charge in [0.2, 0.25) is 0 Å². The molecule has 0 amide bonds. The van der Waals surface area contributed by atoms with Crippen LogP contribution in [0.25, 0.3) is 0 Å². The van der Waals surface area contributed by atoms with Crippen molar-refractivity contribution in [1.82, 2.24) is 10.6 Å². The van der Waals surface area contributed by atoms with E-state index in [0.717, 1.165) is 18.0 Å². The van der Waals surface area contributed by atoms with Crippen molar-refractivity contribution in [3.05, 3.63) is 35.9 Å². The minimum absolute atomic E-state index is 0.408. The van der Waals surface area contributed by atoms with Crippen LogP contribution in [0.15, 0.2) is 30.3 Å².